The first-order chi connectivity index (χ1) is 10.2. The first-order valence-corrected chi connectivity index (χ1v) is 7.20. The highest BCUT2D eigenvalue weighted by atomic mass is 16.5. The normalized spacial score (nSPS) is 14.3. The Hall–Kier alpha value is -1.62. The lowest BCUT2D eigenvalue weighted by molar-refractivity contribution is 0.00385. The molecule has 1 aromatic carbocycles. The molecule has 1 aromatic heterocycles. The van der Waals surface area contributed by atoms with Crippen LogP contribution >= 0.6 is 0 Å². The summed E-state index contributed by atoms with van der Waals surface area (Å²) in [5, 5.41) is 10.0. The molecule has 0 bridgehead atoms. The third-order valence-electron chi connectivity index (χ3n) is 3.58. The van der Waals surface area contributed by atoms with Crippen LogP contribution in [0.25, 0.3) is 0 Å². The maximum Gasteiger partial charge on any atom is 0.129 e. The number of hydrogen-bond acceptors (Lipinski definition) is 4. The van der Waals surface area contributed by atoms with E-state index in [1.165, 1.54) is 5.56 Å². The molecule has 0 spiro atoms. The summed E-state index contributed by atoms with van der Waals surface area (Å²) in [5.41, 5.74) is 1.24. The lowest BCUT2D eigenvalue weighted by Gasteiger charge is -2.27. The van der Waals surface area contributed by atoms with Gasteiger partial charge >= 0.3 is 0 Å². The second kappa shape index (κ2) is 7.98. The molecule has 21 heavy (non-hydrogen) atoms. The van der Waals surface area contributed by atoms with E-state index in [1.807, 2.05) is 37.4 Å². The Bertz CT molecular complexity index is 498. The Morgan fingerprint density at radius 1 is 1.19 bits per heavy atom. The topological polar surface area (TPSA) is 45.8 Å². The molecule has 0 aliphatic heterocycles. The molecule has 1 heterocycles. The highest BCUT2D eigenvalue weighted by molar-refractivity contribution is 5.18. The third kappa shape index (κ3) is 5.01. The summed E-state index contributed by atoms with van der Waals surface area (Å²) >= 11 is 0. The number of aliphatic hydroxyl groups is 1. The largest absolute Gasteiger partial charge is 0.467 e. The Labute approximate surface area is 126 Å². The fraction of sp³-hybridized carbons (Fsp3) is 0.412. The minimum atomic E-state index is -0.517. The number of furan rings is 1. The van der Waals surface area contributed by atoms with Gasteiger partial charge in [-0.05, 0) is 31.7 Å². The number of likely N-dealkylation sites (N-methyl/N-ethyl adjacent to an activating group) is 1. The zero-order valence-corrected chi connectivity index (χ0v) is 12.6. The Morgan fingerprint density at radius 2 is 1.95 bits per heavy atom. The molecule has 0 amide bonds. The molecule has 114 valence electrons. The van der Waals surface area contributed by atoms with E-state index in [-0.39, 0.29) is 6.04 Å². The molecule has 0 radical (unpaired) electrons. The number of hydrogen-bond donors (Lipinski definition) is 1. The van der Waals surface area contributed by atoms with E-state index in [0.29, 0.717) is 19.8 Å². The predicted octanol–water partition coefficient (Wildman–Crippen LogP) is 2.85. The van der Waals surface area contributed by atoms with Crippen molar-refractivity contribution in [1.29, 1.82) is 0 Å². The summed E-state index contributed by atoms with van der Waals surface area (Å²) in [7, 11) is 2.01. The number of rotatable bonds is 8. The SMILES string of the molecule is CC(c1ccccc1)N(C)CC(O)COCc1ccco1. The van der Waals surface area contributed by atoms with Gasteiger partial charge in [-0.15, -0.1) is 0 Å². The Morgan fingerprint density at radius 3 is 2.62 bits per heavy atom. The van der Waals surface area contributed by atoms with Crippen LogP contribution in [0.3, 0.4) is 0 Å². The monoisotopic (exact) mass is 289 g/mol. The van der Waals surface area contributed by atoms with Crippen molar-refractivity contribution in [2.75, 3.05) is 20.2 Å². The molecule has 4 nitrogen and oxygen atoms in total. The van der Waals surface area contributed by atoms with Crippen LogP contribution < -0.4 is 0 Å². The summed E-state index contributed by atoms with van der Waals surface area (Å²) in [6.45, 7) is 3.38. The van der Waals surface area contributed by atoms with Crippen molar-refractivity contribution in [3.05, 3.63) is 60.1 Å². The molecule has 0 saturated carbocycles. The summed E-state index contributed by atoms with van der Waals surface area (Å²) in [6.07, 6.45) is 1.10. The van der Waals surface area contributed by atoms with Crippen LogP contribution in [0.1, 0.15) is 24.3 Å². The Balaban J connectivity index is 1.72. The lowest BCUT2D eigenvalue weighted by atomic mass is 10.1. The maximum atomic E-state index is 10.0. The molecule has 0 aliphatic carbocycles. The van der Waals surface area contributed by atoms with Crippen molar-refractivity contribution in [3.8, 4) is 0 Å². The molecule has 2 atom stereocenters. The second-order valence-corrected chi connectivity index (χ2v) is 5.27. The summed E-state index contributed by atoms with van der Waals surface area (Å²) in [6, 6.07) is 14.2. The van der Waals surface area contributed by atoms with E-state index in [2.05, 4.69) is 24.0 Å². The number of nitrogens with zero attached hydrogens (tertiary/aromatic N) is 1. The van der Waals surface area contributed by atoms with Crippen LogP contribution in [0.15, 0.2) is 53.1 Å². The molecule has 4 heteroatoms. The second-order valence-electron chi connectivity index (χ2n) is 5.27. The maximum absolute atomic E-state index is 10.0. The quantitative estimate of drug-likeness (QED) is 0.811. The smallest absolute Gasteiger partial charge is 0.129 e. The molecule has 1 N–H and O–H groups in total. The first-order valence-electron chi connectivity index (χ1n) is 7.20. The van der Waals surface area contributed by atoms with Crippen molar-refractivity contribution in [1.82, 2.24) is 4.90 Å². The van der Waals surface area contributed by atoms with E-state index < -0.39 is 6.10 Å². The predicted molar refractivity (Wildman–Crippen MR) is 81.9 cm³/mol. The molecule has 0 aliphatic rings. The molecule has 2 rings (SSSR count). The van der Waals surface area contributed by atoms with Gasteiger partial charge in [-0.1, -0.05) is 30.3 Å². The number of benzene rings is 1. The van der Waals surface area contributed by atoms with Gasteiger partial charge in [0, 0.05) is 12.6 Å². The molecular weight excluding hydrogens is 266 g/mol. The van der Waals surface area contributed by atoms with Crippen LogP contribution in [0.5, 0.6) is 0 Å². The van der Waals surface area contributed by atoms with Gasteiger partial charge in [0.1, 0.15) is 12.4 Å². The van der Waals surface area contributed by atoms with Crippen LogP contribution in [0.2, 0.25) is 0 Å². The average Bonchev–Trinajstić information content (AvgIpc) is 3.00. The van der Waals surface area contributed by atoms with E-state index >= 15 is 0 Å². The molecule has 0 fully saturated rings. The molecule has 2 unspecified atom stereocenters. The van der Waals surface area contributed by atoms with Crippen molar-refractivity contribution in [2.24, 2.45) is 0 Å². The number of ether oxygens (including phenoxy) is 1. The van der Waals surface area contributed by atoms with Gasteiger partial charge in [-0.25, -0.2) is 0 Å². The summed E-state index contributed by atoms with van der Waals surface area (Å²) in [4.78, 5) is 2.12. The van der Waals surface area contributed by atoms with Gasteiger partial charge in [0.25, 0.3) is 0 Å². The third-order valence-corrected chi connectivity index (χ3v) is 3.58. The first kappa shape index (κ1) is 15.8. The van der Waals surface area contributed by atoms with E-state index in [9.17, 15) is 5.11 Å². The van der Waals surface area contributed by atoms with Crippen LogP contribution in [-0.2, 0) is 11.3 Å². The fourth-order valence-corrected chi connectivity index (χ4v) is 2.22. The zero-order valence-electron chi connectivity index (χ0n) is 12.6. The minimum absolute atomic E-state index is 0.255. The van der Waals surface area contributed by atoms with E-state index in [0.717, 1.165) is 5.76 Å². The standard InChI is InChI=1S/C17H23NO3/c1-14(15-7-4-3-5-8-15)18(2)11-16(19)12-20-13-17-9-6-10-21-17/h3-10,14,16,19H,11-13H2,1-2H3. The van der Waals surface area contributed by atoms with Crippen molar-refractivity contribution in [2.45, 2.75) is 25.7 Å². The minimum Gasteiger partial charge on any atom is -0.467 e. The van der Waals surface area contributed by atoms with E-state index in [1.54, 1.807) is 6.26 Å². The molecule has 2 aromatic rings. The van der Waals surface area contributed by atoms with Gasteiger partial charge in [0.05, 0.1) is 19.0 Å². The van der Waals surface area contributed by atoms with Crippen LogP contribution in [-0.4, -0.2) is 36.3 Å². The average molecular weight is 289 g/mol. The van der Waals surface area contributed by atoms with Crippen LogP contribution in [0.4, 0.5) is 0 Å². The highest BCUT2D eigenvalue weighted by Crippen LogP contribution is 2.18. The van der Waals surface area contributed by atoms with E-state index in [4.69, 9.17) is 9.15 Å². The van der Waals surface area contributed by atoms with Crippen molar-refractivity contribution >= 4 is 0 Å². The van der Waals surface area contributed by atoms with Gasteiger partial charge in [-0.2, -0.15) is 0 Å². The Kier molecular flexibility index (Phi) is 5.99. The van der Waals surface area contributed by atoms with Crippen LogP contribution in [0, 0.1) is 0 Å². The number of aliphatic hydroxyl groups excluding tert-OH is 1. The van der Waals surface area contributed by atoms with Gasteiger partial charge < -0.3 is 14.3 Å². The van der Waals surface area contributed by atoms with Crippen molar-refractivity contribution in [3.63, 3.8) is 0 Å². The highest BCUT2D eigenvalue weighted by Gasteiger charge is 2.15. The molecular formula is C17H23NO3. The fourth-order valence-electron chi connectivity index (χ4n) is 2.22. The summed E-state index contributed by atoms with van der Waals surface area (Å²) < 4.78 is 10.6. The van der Waals surface area contributed by atoms with Gasteiger partial charge in [0.15, 0.2) is 0 Å². The van der Waals surface area contributed by atoms with Crippen molar-refractivity contribution < 1.29 is 14.3 Å². The lowest BCUT2D eigenvalue weighted by Crippen LogP contribution is -2.33. The zero-order chi connectivity index (χ0) is 15.1. The van der Waals surface area contributed by atoms with Gasteiger partial charge in [0.2, 0.25) is 0 Å². The van der Waals surface area contributed by atoms with Gasteiger partial charge in [-0.3, -0.25) is 4.90 Å². The molecule has 0 saturated heterocycles. The summed E-state index contributed by atoms with van der Waals surface area (Å²) in [5.74, 6) is 0.771.